The third-order valence-electron chi connectivity index (χ3n) is 2.85. The quantitative estimate of drug-likeness (QED) is 0.671. The molecule has 2 fully saturated rings. The first-order valence-electron chi connectivity index (χ1n) is 5.34. The maximum Gasteiger partial charge on any atom is 0.309 e. The Labute approximate surface area is 93.1 Å². The van der Waals surface area contributed by atoms with E-state index in [1.165, 1.54) is 0 Å². The molecule has 16 heavy (non-hydrogen) atoms. The van der Waals surface area contributed by atoms with E-state index in [2.05, 4.69) is 0 Å². The van der Waals surface area contributed by atoms with Crippen molar-refractivity contribution < 1.29 is 19.0 Å². The van der Waals surface area contributed by atoms with Gasteiger partial charge in [0.15, 0.2) is 12.4 Å². The Morgan fingerprint density at radius 3 is 2.75 bits per heavy atom. The molecule has 1 aromatic rings. The second kappa shape index (κ2) is 3.88. The Balaban J connectivity index is 1.74. The van der Waals surface area contributed by atoms with Crippen molar-refractivity contribution in [2.24, 2.45) is 0 Å². The van der Waals surface area contributed by atoms with Gasteiger partial charge in [-0.3, -0.25) is 4.79 Å². The molecule has 0 aromatic heterocycles. The average Bonchev–Trinajstić information content (AvgIpc) is 2.69. The van der Waals surface area contributed by atoms with Gasteiger partial charge in [0.25, 0.3) is 0 Å². The van der Waals surface area contributed by atoms with Gasteiger partial charge >= 0.3 is 5.97 Å². The van der Waals surface area contributed by atoms with Gasteiger partial charge in [0.2, 0.25) is 0 Å². The van der Waals surface area contributed by atoms with E-state index < -0.39 is 0 Å². The molecule has 4 heteroatoms. The SMILES string of the molecule is O=C1CC2OC(c3ccccc3)OCC2O1. The van der Waals surface area contributed by atoms with Gasteiger partial charge in [-0.05, 0) is 0 Å². The lowest BCUT2D eigenvalue weighted by molar-refractivity contribution is -0.242. The minimum Gasteiger partial charge on any atom is -0.457 e. The van der Waals surface area contributed by atoms with Gasteiger partial charge < -0.3 is 14.2 Å². The Hall–Kier alpha value is -1.39. The third-order valence-corrected chi connectivity index (χ3v) is 2.85. The summed E-state index contributed by atoms with van der Waals surface area (Å²) in [5.74, 6) is -0.202. The summed E-state index contributed by atoms with van der Waals surface area (Å²) in [4.78, 5) is 11.1. The molecule has 2 saturated heterocycles. The van der Waals surface area contributed by atoms with E-state index in [1.807, 2.05) is 30.3 Å². The maximum absolute atomic E-state index is 11.1. The van der Waals surface area contributed by atoms with Crippen LogP contribution in [0.5, 0.6) is 0 Å². The summed E-state index contributed by atoms with van der Waals surface area (Å²) < 4.78 is 16.3. The third kappa shape index (κ3) is 1.70. The molecule has 0 aliphatic carbocycles. The number of ether oxygens (including phenoxy) is 3. The first-order chi connectivity index (χ1) is 7.83. The number of benzene rings is 1. The summed E-state index contributed by atoms with van der Waals surface area (Å²) in [5.41, 5.74) is 0.972. The summed E-state index contributed by atoms with van der Waals surface area (Å²) in [7, 11) is 0. The van der Waals surface area contributed by atoms with Gasteiger partial charge in [-0.15, -0.1) is 0 Å². The van der Waals surface area contributed by atoms with Crippen LogP contribution in [0.15, 0.2) is 30.3 Å². The number of carbonyl (C=O) groups excluding carboxylic acids is 1. The molecule has 4 nitrogen and oxygen atoms in total. The topological polar surface area (TPSA) is 44.8 Å². The molecule has 1 aromatic carbocycles. The minimum atomic E-state index is -0.378. The van der Waals surface area contributed by atoms with Gasteiger partial charge in [0.05, 0.1) is 13.0 Å². The van der Waals surface area contributed by atoms with Crippen LogP contribution in [0.1, 0.15) is 18.3 Å². The van der Waals surface area contributed by atoms with Crippen LogP contribution in [0.3, 0.4) is 0 Å². The predicted molar refractivity (Wildman–Crippen MR) is 54.5 cm³/mol. The van der Waals surface area contributed by atoms with Gasteiger partial charge in [0, 0.05) is 5.56 Å². The second-order valence-corrected chi connectivity index (χ2v) is 3.98. The number of rotatable bonds is 1. The summed E-state index contributed by atoms with van der Waals surface area (Å²) in [5, 5.41) is 0. The van der Waals surface area contributed by atoms with E-state index in [4.69, 9.17) is 14.2 Å². The monoisotopic (exact) mass is 220 g/mol. The van der Waals surface area contributed by atoms with E-state index in [-0.39, 0.29) is 24.5 Å². The minimum absolute atomic E-state index is 0.161. The first-order valence-corrected chi connectivity index (χ1v) is 5.34. The van der Waals surface area contributed by atoms with Crippen LogP contribution >= 0.6 is 0 Å². The number of carbonyl (C=O) groups is 1. The Morgan fingerprint density at radius 1 is 1.12 bits per heavy atom. The molecule has 0 spiro atoms. The molecular formula is C12H12O4. The fourth-order valence-corrected chi connectivity index (χ4v) is 2.03. The predicted octanol–water partition coefficient (Wildman–Crippen LogP) is 1.42. The molecule has 0 bridgehead atoms. The highest BCUT2D eigenvalue weighted by Crippen LogP contribution is 2.32. The van der Waals surface area contributed by atoms with Gasteiger partial charge in [-0.25, -0.2) is 0 Å². The second-order valence-electron chi connectivity index (χ2n) is 3.98. The van der Waals surface area contributed by atoms with Crippen molar-refractivity contribution in [2.75, 3.05) is 6.61 Å². The smallest absolute Gasteiger partial charge is 0.309 e. The molecule has 0 radical (unpaired) electrons. The molecule has 0 saturated carbocycles. The van der Waals surface area contributed by atoms with Crippen molar-refractivity contribution in [1.82, 2.24) is 0 Å². The normalized spacial score (nSPS) is 33.2. The highest BCUT2D eigenvalue weighted by atomic mass is 16.7. The fourth-order valence-electron chi connectivity index (χ4n) is 2.03. The lowest BCUT2D eigenvalue weighted by atomic mass is 10.1. The van der Waals surface area contributed by atoms with E-state index in [1.54, 1.807) is 0 Å². The molecule has 3 unspecified atom stereocenters. The number of hydrogen-bond donors (Lipinski definition) is 0. The molecule has 2 aliphatic heterocycles. The van der Waals surface area contributed by atoms with Crippen LogP contribution < -0.4 is 0 Å². The number of esters is 1. The molecular weight excluding hydrogens is 208 g/mol. The molecule has 2 heterocycles. The zero-order chi connectivity index (χ0) is 11.0. The van der Waals surface area contributed by atoms with E-state index in [0.717, 1.165) is 5.56 Å². The van der Waals surface area contributed by atoms with Gasteiger partial charge in [-0.1, -0.05) is 30.3 Å². The zero-order valence-electron chi connectivity index (χ0n) is 8.67. The van der Waals surface area contributed by atoms with E-state index in [9.17, 15) is 4.79 Å². The van der Waals surface area contributed by atoms with Crippen molar-refractivity contribution in [3.8, 4) is 0 Å². The highest BCUT2D eigenvalue weighted by Gasteiger charge is 2.41. The standard InChI is InChI=1S/C12H12O4/c13-11-6-9-10(15-11)7-14-12(16-9)8-4-2-1-3-5-8/h1-5,9-10,12H,6-7H2. The molecule has 84 valence electrons. The van der Waals surface area contributed by atoms with Gasteiger partial charge in [-0.2, -0.15) is 0 Å². The van der Waals surface area contributed by atoms with Crippen LogP contribution in [0.2, 0.25) is 0 Å². The number of fused-ring (bicyclic) bond motifs is 1. The van der Waals surface area contributed by atoms with Crippen molar-refractivity contribution >= 4 is 5.97 Å². The summed E-state index contributed by atoms with van der Waals surface area (Å²) in [6.07, 6.45) is -0.437. The maximum atomic E-state index is 11.1. The molecule has 0 N–H and O–H groups in total. The zero-order valence-corrected chi connectivity index (χ0v) is 8.67. The Kier molecular flexibility index (Phi) is 2.38. The molecule has 3 atom stereocenters. The Bertz CT molecular complexity index is 389. The lowest BCUT2D eigenvalue weighted by Gasteiger charge is -2.30. The van der Waals surface area contributed by atoms with Crippen LogP contribution in [-0.2, 0) is 19.0 Å². The highest BCUT2D eigenvalue weighted by molar-refractivity contribution is 5.72. The van der Waals surface area contributed by atoms with Crippen LogP contribution in [-0.4, -0.2) is 24.8 Å². The lowest BCUT2D eigenvalue weighted by Crippen LogP contribution is -2.37. The summed E-state index contributed by atoms with van der Waals surface area (Å²) in [6.45, 7) is 0.413. The van der Waals surface area contributed by atoms with E-state index >= 15 is 0 Å². The Morgan fingerprint density at radius 2 is 1.94 bits per heavy atom. The van der Waals surface area contributed by atoms with Crippen LogP contribution in [0.25, 0.3) is 0 Å². The average molecular weight is 220 g/mol. The number of hydrogen-bond acceptors (Lipinski definition) is 4. The van der Waals surface area contributed by atoms with Crippen LogP contribution in [0.4, 0.5) is 0 Å². The largest absolute Gasteiger partial charge is 0.457 e. The molecule has 2 aliphatic rings. The van der Waals surface area contributed by atoms with Crippen LogP contribution in [0, 0.1) is 0 Å². The van der Waals surface area contributed by atoms with Crippen molar-refractivity contribution in [2.45, 2.75) is 24.9 Å². The summed E-state index contributed by atoms with van der Waals surface area (Å²) in [6, 6.07) is 9.71. The van der Waals surface area contributed by atoms with Crippen molar-refractivity contribution in [3.05, 3.63) is 35.9 Å². The van der Waals surface area contributed by atoms with E-state index in [0.29, 0.717) is 13.0 Å². The first kappa shape index (κ1) is 9.81. The van der Waals surface area contributed by atoms with Gasteiger partial charge in [0.1, 0.15) is 6.10 Å². The molecule has 3 rings (SSSR count). The summed E-state index contributed by atoms with van der Waals surface area (Å²) >= 11 is 0. The van der Waals surface area contributed by atoms with Crippen molar-refractivity contribution in [3.63, 3.8) is 0 Å². The van der Waals surface area contributed by atoms with Crippen molar-refractivity contribution in [1.29, 1.82) is 0 Å². The molecule has 0 amide bonds. The fraction of sp³-hybridized carbons (Fsp3) is 0.417.